The number of benzene rings is 2. The average molecular weight is 302 g/mol. The number of hydrogen-bond donors (Lipinski definition) is 0. The molecule has 0 heterocycles. The lowest BCUT2D eigenvalue weighted by Crippen LogP contribution is -2.21. The third-order valence-electron chi connectivity index (χ3n) is 5.84. The molecule has 0 unspecified atom stereocenters. The van der Waals surface area contributed by atoms with Gasteiger partial charge in [0.1, 0.15) is 0 Å². The van der Waals surface area contributed by atoms with Gasteiger partial charge in [-0.1, -0.05) is 76.2 Å². The Hall–Kier alpha value is -1.82. The van der Waals surface area contributed by atoms with E-state index in [1.807, 2.05) is 0 Å². The van der Waals surface area contributed by atoms with Crippen molar-refractivity contribution in [2.24, 2.45) is 0 Å². The van der Waals surface area contributed by atoms with Crippen molar-refractivity contribution in [3.05, 3.63) is 70.8 Å². The van der Waals surface area contributed by atoms with Crippen LogP contribution in [-0.4, -0.2) is 0 Å². The van der Waals surface area contributed by atoms with Crippen LogP contribution in [0.4, 0.5) is 0 Å². The highest BCUT2D eigenvalue weighted by Crippen LogP contribution is 2.55. The summed E-state index contributed by atoms with van der Waals surface area (Å²) in [6, 6.07) is 14.4. The Balaban J connectivity index is 1.96. The van der Waals surface area contributed by atoms with Gasteiger partial charge in [0.15, 0.2) is 0 Å². The molecule has 0 fully saturated rings. The number of rotatable bonds is 2. The Morgan fingerprint density at radius 3 is 1.52 bits per heavy atom. The normalized spacial score (nSPS) is 17.3. The maximum absolute atomic E-state index is 2.49. The zero-order chi connectivity index (χ0) is 16.2. The van der Waals surface area contributed by atoms with Crippen LogP contribution in [0.1, 0.15) is 74.6 Å². The Bertz CT molecular complexity index is 722. The van der Waals surface area contributed by atoms with Gasteiger partial charge >= 0.3 is 0 Å². The van der Waals surface area contributed by atoms with Crippen LogP contribution in [0.5, 0.6) is 0 Å². The second-order valence-electron chi connectivity index (χ2n) is 7.88. The van der Waals surface area contributed by atoms with Crippen LogP contribution >= 0.6 is 0 Å². The first-order valence-electron chi connectivity index (χ1n) is 8.97. The lowest BCUT2D eigenvalue weighted by atomic mass is 9.75. The molecule has 1 spiro atoms. The van der Waals surface area contributed by atoms with Crippen LogP contribution in [0.25, 0.3) is 11.1 Å². The fourth-order valence-electron chi connectivity index (χ4n) is 4.34. The molecular weight excluding hydrogens is 276 g/mol. The first kappa shape index (κ1) is 14.8. The molecule has 4 rings (SSSR count). The third-order valence-corrected chi connectivity index (χ3v) is 5.84. The lowest BCUT2D eigenvalue weighted by Gasteiger charge is -2.28. The summed E-state index contributed by atoms with van der Waals surface area (Å²) < 4.78 is 0. The molecule has 0 saturated carbocycles. The quantitative estimate of drug-likeness (QED) is 0.552. The molecular formula is C23H26. The van der Waals surface area contributed by atoms with Crippen LogP contribution in [0.3, 0.4) is 0 Å². The molecule has 0 saturated heterocycles. The van der Waals surface area contributed by atoms with Gasteiger partial charge < -0.3 is 0 Å². The van der Waals surface area contributed by atoms with Gasteiger partial charge in [0.05, 0.1) is 0 Å². The summed E-state index contributed by atoms with van der Waals surface area (Å²) in [5.74, 6) is 1.17. The van der Waals surface area contributed by atoms with Crippen molar-refractivity contribution in [1.29, 1.82) is 0 Å². The molecule has 0 aromatic heterocycles. The maximum Gasteiger partial charge on any atom is 0.0284 e. The zero-order valence-electron chi connectivity index (χ0n) is 14.7. The first-order chi connectivity index (χ1) is 11.0. The molecule has 0 bridgehead atoms. The van der Waals surface area contributed by atoms with E-state index >= 15 is 0 Å². The SMILES string of the molecule is CC(C)c1ccc2c(c1)C1(CC=CC1)c1cc(C(C)C)ccc1-2. The van der Waals surface area contributed by atoms with Gasteiger partial charge in [-0.3, -0.25) is 0 Å². The van der Waals surface area contributed by atoms with Crippen molar-refractivity contribution < 1.29 is 0 Å². The Morgan fingerprint density at radius 2 is 1.13 bits per heavy atom. The summed E-state index contributed by atoms with van der Waals surface area (Å²) >= 11 is 0. The topological polar surface area (TPSA) is 0 Å². The van der Waals surface area contributed by atoms with Crippen molar-refractivity contribution in [2.45, 2.75) is 57.8 Å². The largest absolute Gasteiger partial charge is 0.0873 e. The molecule has 0 radical (unpaired) electrons. The van der Waals surface area contributed by atoms with Crippen molar-refractivity contribution >= 4 is 0 Å². The molecule has 0 atom stereocenters. The Labute approximate surface area is 140 Å². The minimum absolute atomic E-state index is 0.195. The van der Waals surface area contributed by atoms with Gasteiger partial charge in [-0.15, -0.1) is 0 Å². The van der Waals surface area contributed by atoms with Crippen LogP contribution in [0.2, 0.25) is 0 Å². The molecule has 0 nitrogen and oxygen atoms in total. The summed E-state index contributed by atoms with van der Waals surface area (Å²) in [5, 5.41) is 0. The van der Waals surface area contributed by atoms with E-state index in [0.717, 1.165) is 12.8 Å². The second kappa shape index (κ2) is 5.09. The van der Waals surface area contributed by atoms with E-state index < -0.39 is 0 Å². The predicted molar refractivity (Wildman–Crippen MR) is 99.2 cm³/mol. The fourth-order valence-corrected chi connectivity index (χ4v) is 4.34. The highest BCUT2D eigenvalue weighted by atomic mass is 14.5. The summed E-state index contributed by atoms with van der Waals surface area (Å²) in [4.78, 5) is 0. The summed E-state index contributed by atoms with van der Waals surface area (Å²) in [7, 11) is 0. The van der Waals surface area contributed by atoms with E-state index in [1.165, 1.54) is 22.3 Å². The minimum Gasteiger partial charge on any atom is -0.0873 e. The molecule has 2 aliphatic rings. The van der Waals surface area contributed by atoms with Crippen LogP contribution in [0, 0.1) is 0 Å². The number of fused-ring (bicyclic) bond motifs is 5. The van der Waals surface area contributed by atoms with E-state index in [9.17, 15) is 0 Å². The molecule has 0 N–H and O–H groups in total. The zero-order valence-corrected chi connectivity index (χ0v) is 14.7. The lowest BCUT2D eigenvalue weighted by molar-refractivity contribution is 0.570. The summed E-state index contributed by atoms with van der Waals surface area (Å²) in [6.07, 6.45) is 7.05. The van der Waals surface area contributed by atoms with Gasteiger partial charge in [0.25, 0.3) is 0 Å². The number of allylic oxidation sites excluding steroid dienone is 2. The van der Waals surface area contributed by atoms with E-state index in [0.29, 0.717) is 11.8 Å². The van der Waals surface area contributed by atoms with E-state index in [2.05, 4.69) is 76.2 Å². The Morgan fingerprint density at radius 1 is 0.696 bits per heavy atom. The monoisotopic (exact) mass is 302 g/mol. The third kappa shape index (κ3) is 2.04. The second-order valence-corrected chi connectivity index (χ2v) is 7.88. The highest BCUT2D eigenvalue weighted by Gasteiger charge is 2.43. The average Bonchev–Trinajstić information content (AvgIpc) is 3.13. The van der Waals surface area contributed by atoms with Gasteiger partial charge in [-0.05, 0) is 58.1 Å². The summed E-state index contributed by atoms with van der Waals surface area (Å²) in [6.45, 7) is 9.17. The molecule has 0 aliphatic heterocycles. The summed E-state index contributed by atoms with van der Waals surface area (Å²) in [5.41, 5.74) is 9.17. The standard InChI is InChI=1S/C23H26/c1-15(2)17-7-9-19-20-10-8-18(16(3)4)14-22(20)23(21(19)13-17)11-5-6-12-23/h5-10,13-16H,11-12H2,1-4H3. The maximum atomic E-state index is 2.49. The van der Waals surface area contributed by atoms with Crippen molar-refractivity contribution in [1.82, 2.24) is 0 Å². The molecule has 2 aromatic carbocycles. The molecule has 0 amide bonds. The predicted octanol–water partition coefficient (Wildman–Crippen LogP) is 6.55. The van der Waals surface area contributed by atoms with Gasteiger partial charge in [0.2, 0.25) is 0 Å². The van der Waals surface area contributed by atoms with Crippen LogP contribution in [-0.2, 0) is 5.41 Å². The van der Waals surface area contributed by atoms with Gasteiger partial charge in [-0.25, -0.2) is 0 Å². The Kier molecular flexibility index (Phi) is 3.27. The van der Waals surface area contributed by atoms with E-state index in [-0.39, 0.29) is 5.41 Å². The minimum atomic E-state index is 0.195. The van der Waals surface area contributed by atoms with E-state index in [4.69, 9.17) is 0 Å². The van der Waals surface area contributed by atoms with Crippen molar-refractivity contribution in [3.8, 4) is 11.1 Å². The molecule has 2 aromatic rings. The molecule has 23 heavy (non-hydrogen) atoms. The highest BCUT2D eigenvalue weighted by molar-refractivity contribution is 5.82. The first-order valence-corrected chi connectivity index (χ1v) is 8.97. The van der Waals surface area contributed by atoms with Crippen LogP contribution in [0.15, 0.2) is 48.6 Å². The van der Waals surface area contributed by atoms with Crippen molar-refractivity contribution in [3.63, 3.8) is 0 Å². The van der Waals surface area contributed by atoms with E-state index in [1.54, 1.807) is 11.1 Å². The molecule has 0 heteroatoms. The van der Waals surface area contributed by atoms with Gasteiger partial charge in [-0.2, -0.15) is 0 Å². The molecule has 118 valence electrons. The smallest absolute Gasteiger partial charge is 0.0284 e. The van der Waals surface area contributed by atoms with Crippen LogP contribution < -0.4 is 0 Å². The molecule has 2 aliphatic carbocycles. The van der Waals surface area contributed by atoms with Crippen molar-refractivity contribution in [2.75, 3.05) is 0 Å². The fraction of sp³-hybridized carbons (Fsp3) is 0.391. The number of hydrogen-bond acceptors (Lipinski definition) is 0. The van der Waals surface area contributed by atoms with Gasteiger partial charge in [0, 0.05) is 5.41 Å².